The summed E-state index contributed by atoms with van der Waals surface area (Å²) in [5.41, 5.74) is 2.50. The normalized spacial score (nSPS) is 10.8. The predicted octanol–water partition coefficient (Wildman–Crippen LogP) is 3.22. The SMILES string of the molecule is Cc1ccc2c(cnn2C(=O)CCC(=O)NCc2cccc(F)c2)c1. The van der Waals surface area contributed by atoms with Gasteiger partial charge in [-0.15, -0.1) is 0 Å². The monoisotopic (exact) mass is 339 g/mol. The Balaban J connectivity index is 1.55. The molecule has 128 valence electrons. The fourth-order valence-corrected chi connectivity index (χ4v) is 2.61. The Kier molecular flexibility index (Phi) is 4.88. The molecule has 1 heterocycles. The second kappa shape index (κ2) is 7.25. The van der Waals surface area contributed by atoms with Gasteiger partial charge in [-0.25, -0.2) is 9.07 Å². The van der Waals surface area contributed by atoms with Gasteiger partial charge in [0, 0.05) is 24.8 Å². The Hall–Kier alpha value is -3.02. The molecule has 5 nitrogen and oxygen atoms in total. The molecule has 0 unspecified atom stereocenters. The minimum atomic E-state index is -0.345. The van der Waals surface area contributed by atoms with E-state index in [4.69, 9.17) is 0 Å². The quantitative estimate of drug-likeness (QED) is 0.776. The van der Waals surface area contributed by atoms with E-state index < -0.39 is 0 Å². The highest BCUT2D eigenvalue weighted by Gasteiger charge is 2.12. The first kappa shape index (κ1) is 16.8. The molecule has 0 spiro atoms. The molecule has 3 rings (SSSR count). The minimum Gasteiger partial charge on any atom is -0.352 e. The highest BCUT2D eigenvalue weighted by atomic mass is 19.1. The fraction of sp³-hybridized carbons (Fsp3) is 0.211. The van der Waals surface area contributed by atoms with Crippen LogP contribution in [-0.4, -0.2) is 21.6 Å². The standard InChI is InChI=1S/C19H18FN3O2/c1-13-5-6-17-15(9-13)12-22-23(17)19(25)8-7-18(24)21-11-14-3-2-4-16(20)10-14/h2-6,9-10,12H,7-8,11H2,1H3,(H,21,24). The van der Waals surface area contributed by atoms with E-state index in [2.05, 4.69) is 10.4 Å². The molecular formula is C19H18FN3O2. The first-order valence-corrected chi connectivity index (χ1v) is 8.01. The highest BCUT2D eigenvalue weighted by molar-refractivity contribution is 5.92. The lowest BCUT2D eigenvalue weighted by molar-refractivity contribution is -0.121. The number of rotatable bonds is 5. The van der Waals surface area contributed by atoms with E-state index in [9.17, 15) is 14.0 Å². The van der Waals surface area contributed by atoms with Crippen molar-refractivity contribution in [3.63, 3.8) is 0 Å². The number of benzene rings is 2. The summed E-state index contributed by atoms with van der Waals surface area (Å²) >= 11 is 0. The zero-order valence-corrected chi connectivity index (χ0v) is 13.8. The maximum absolute atomic E-state index is 13.1. The highest BCUT2D eigenvalue weighted by Crippen LogP contribution is 2.16. The van der Waals surface area contributed by atoms with Gasteiger partial charge in [-0.2, -0.15) is 5.10 Å². The molecular weight excluding hydrogens is 321 g/mol. The van der Waals surface area contributed by atoms with Crippen molar-refractivity contribution in [3.8, 4) is 0 Å². The molecule has 0 aliphatic rings. The van der Waals surface area contributed by atoms with Gasteiger partial charge in [-0.3, -0.25) is 9.59 Å². The van der Waals surface area contributed by atoms with Crippen LogP contribution < -0.4 is 5.32 Å². The van der Waals surface area contributed by atoms with Crippen molar-refractivity contribution in [1.82, 2.24) is 15.1 Å². The molecule has 2 aromatic carbocycles. The molecule has 1 aromatic heterocycles. The van der Waals surface area contributed by atoms with Gasteiger partial charge in [-0.1, -0.05) is 23.8 Å². The van der Waals surface area contributed by atoms with Crippen molar-refractivity contribution < 1.29 is 14.0 Å². The fourth-order valence-electron chi connectivity index (χ4n) is 2.61. The summed E-state index contributed by atoms with van der Waals surface area (Å²) in [6, 6.07) is 11.7. The third-order valence-corrected chi connectivity index (χ3v) is 3.90. The lowest BCUT2D eigenvalue weighted by Crippen LogP contribution is -2.24. The van der Waals surface area contributed by atoms with Crippen LogP contribution in [0, 0.1) is 12.7 Å². The second-order valence-corrected chi connectivity index (χ2v) is 5.92. The number of carbonyl (C=O) groups excluding carboxylic acids is 2. The number of aromatic nitrogens is 2. The van der Waals surface area contributed by atoms with Gasteiger partial charge in [0.1, 0.15) is 5.82 Å². The molecule has 0 aliphatic heterocycles. The van der Waals surface area contributed by atoms with Crippen LogP contribution in [-0.2, 0) is 11.3 Å². The minimum absolute atomic E-state index is 0.0552. The molecule has 6 heteroatoms. The lowest BCUT2D eigenvalue weighted by atomic mass is 10.2. The zero-order valence-electron chi connectivity index (χ0n) is 13.8. The number of nitrogens with one attached hydrogen (secondary N) is 1. The van der Waals surface area contributed by atoms with Crippen molar-refractivity contribution in [3.05, 3.63) is 65.6 Å². The molecule has 25 heavy (non-hydrogen) atoms. The van der Waals surface area contributed by atoms with E-state index in [0.717, 1.165) is 16.5 Å². The summed E-state index contributed by atoms with van der Waals surface area (Å²) in [6.07, 6.45) is 1.76. The molecule has 0 atom stereocenters. The van der Waals surface area contributed by atoms with Crippen molar-refractivity contribution in [2.45, 2.75) is 26.3 Å². The van der Waals surface area contributed by atoms with E-state index in [0.29, 0.717) is 5.56 Å². The van der Waals surface area contributed by atoms with Crippen LogP contribution in [0.2, 0.25) is 0 Å². The zero-order chi connectivity index (χ0) is 17.8. The van der Waals surface area contributed by atoms with Gasteiger partial charge in [0.05, 0.1) is 11.7 Å². The molecule has 1 N–H and O–H groups in total. The largest absolute Gasteiger partial charge is 0.352 e. The first-order chi connectivity index (χ1) is 12.0. The number of carbonyl (C=O) groups is 2. The maximum Gasteiger partial charge on any atom is 0.247 e. The van der Waals surface area contributed by atoms with Crippen molar-refractivity contribution in [2.24, 2.45) is 0 Å². The van der Waals surface area contributed by atoms with Crippen molar-refractivity contribution >= 4 is 22.7 Å². The molecule has 0 fully saturated rings. The maximum atomic E-state index is 13.1. The molecule has 1 amide bonds. The third kappa shape index (κ3) is 4.09. The van der Waals surface area contributed by atoms with Crippen LogP contribution in [0.5, 0.6) is 0 Å². The summed E-state index contributed by atoms with van der Waals surface area (Å²) in [6.45, 7) is 2.20. The Morgan fingerprint density at radius 1 is 1.16 bits per heavy atom. The van der Waals surface area contributed by atoms with Gasteiger partial charge in [0.15, 0.2) is 0 Å². The number of nitrogens with zero attached hydrogens (tertiary/aromatic N) is 2. The Morgan fingerprint density at radius 3 is 2.80 bits per heavy atom. The molecule has 0 bridgehead atoms. The average molecular weight is 339 g/mol. The smallest absolute Gasteiger partial charge is 0.247 e. The first-order valence-electron chi connectivity index (χ1n) is 8.01. The van der Waals surface area contributed by atoms with Crippen LogP contribution in [0.25, 0.3) is 10.9 Å². The molecule has 0 aliphatic carbocycles. The summed E-state index contributed by atoms with van der Waals surface area (Å²) in [5, 5.41) is 7.69. The lowest BCUT2D eigenvalue weighted by Gasteiger charge is -2.06. The number of amides is 1. The summed E-state index contributed by atoms with van der Waals surface area (Å²) in [5.74, 6) is -0.840. The van der Waals surface area contributed by atoms with Gasteiger partial charge in [-0.05, 0) is 36.8 Å². The second-order valence-electron chi connectivity index (χ2n) is 5.92. The van der Waals surface area contributed by atoms with Crippen molar-refractivity contribution in [2.75, 3.05) is 0 Å². The summed E-state index contributed by atoms with van der Waals surface area (Å²) in [4.78, 5) is 24.2. The number of halogens is 1. The Bertz CT molecular complexity index is 933. The van der Waals surface area contributed by atoms with E-state index in [1.807, 2.05) is 25.1 Å². The Labute approximate surface area is 144 Å². The van der Waals surface area contributed by atoms with Gasteiger partial charge < -0.3 is 5.32 Å². The summed E-state index contributed by atoms with van der Waals surface area (Å²) in [7, 11) is 0. The topological polar surface area (TPSA) is 64.0 Å². The van der Waals surface area contributed by atoms with Gasteiger partial charge in [0.25, 0.3) is 0 Å². The van der Waals surface area contributed by atoms with Gasteiger partial charge in [0.2, 0.25) is 11.8 Å². The number of aryl methyl sites for hydroxylation is 1. The van der Waals surface area contributed by atoms with Crippen LogP contribution in [0.4, 0.5) is 4.39 Å². The molecule has 3 aromatic rings. The van der Waals surface area contributed by atoms with Crippen LogP contribution in [0.15, 0.2) is 48.7 Å². The van der Waals surface area contributed by atoms with E-state index >= 15 is 0 Å². The number of fused-ring (bicyclic) bond motifs is 1. The van der Waals surface area contributed by atoms with Crippen LogP contribution in [0.3, 0.4) is 0 Å². The van der Waals surface area contributed by atoms with Crippen LogP contribution in [0.1, 0.15) is 28.8 Å². The van der Waals surface area contributed by atoms with E-state index in [-0.39, 0.29) is 37.0 Å². The van der Waals surface area contributed by atoms with Crippen LogP contribution >= 0.6 is 0 Å². The van der Waals surface area contributed by atoms with E-state index in [1.54, 1.807) is 18.3 Å². The van der Waals surface area contributed by atoms with E-state index in [1.165, 1.54) is 16.8 Å². The summed E-state index contributed by atoms with van der Waals surface area (Å²) < 4.78 is 14.4. The molecule has 0 saturated heterocycles. The third-order valence-electron chi connectivity index (χ3n) is 3.90. The average Bonchev–Trinajstić information content (AvgIpc) is 3.01. The van der Waals surface area contributed by atoms with Gasteiger partial charge >= 0.3 is 0 Å². The Morgan fingerprint density at radius 2 is 2.00 bits per heavy atom. The molecule has 0 saturated carbocycles. The number of hydrogen-bond acceptors (Lipinski definition) is 3. The number of hydrogen-bond donors (Lipinski definition) is 1. The van der Waals surface area contributed by atoms with Crippen molar-refractivity contribution in [1.29, 1.82) is 0 Å². The molecule has 0 radical (unpaired) electrons. The predicted molar refractivity (Wildman–Crippen MR) is 92.6 cm³/mol.